The van der Waals surface area contributed by atoms with E-state index >= 15 is 0 Å². The first kappa shape index (κ1) is 18.2. The summed E-state index contributed by atoms with van der Waals surface area (Å²) in [6, 6.07) is 3.00. The lowest BCUT2D eigenvalue weighted by molar-refractivity contribution is 0.292. The molecule has 0 atom stereocenters. The Bertz CT molecular complexity index is 582. The van der Waals surface area contributed by atoms with Crippen LogP contribution in [0.4, 0.5) is 0 Å². The number of nitrogens with zero attached hydrogens (tertiary/aromatic N) is 1. The standard InChI is InChI=1S/C12H17BrCl2N2O2S/c1-12(2,6-16)7-17(3)20(18,19)11-9(14)4-8(13)5-10(11)15/h4-5H,6-7,16H2,1-3H3. The Balaban J connectivity index is 3.24. The molecule has 0 unspecified atom stereocenters. The molecule has 0 spiro atoms. The fourth-order valence-corrected chi connectivity index (χ4v) is 4.92. The summed E-state index contributed by atoms with van der Waals surface area (Å²) in [6.07, 6.45) is 0. The molecular formula is C12H17BrCl2N2O2S. The van der Waals surface area contributed by atoms with Crippen LogP contribution in [0.2, 0.25) is 10.0 Å². The van der Waals surface area contributed by atoms with Gasteiger partial charge in [0.25, 0.3) is 0 Å². The second kappa shape index (κ2) is 6.50. The maximum atomic E-state index is 12.6. The van der Waals surface area contributed by atoms with Gasteiger partial charge in [0.15, 0.2) is 0 Å². The second-order valence-corrected chi connectivity index (χ2v) is 9.04. The summed E-state index contributed by atoms with van der Waals surface area (Å²) in [5.41, 5.74) is 5.30. The van der Waals surface area contributed by atoms with Crippen molar-refractivity contribution in [1.29, 1.82) is 0 Å². The van der Waals surface area contributed by atoms with Crippen molar-refractivity contribution >= 4 is 49.2 Å². The van der Waals surface area contributed by atoms with Crippen LogP contribution in [0.25, 0.3) is 0 Å². The van der Waals surface area contributed by atoms with Gasteiger partial charge < -0.3 is 5.73 Å². The van der Waals surface area contributed by atoms with Crippen LogP contribution >= 0.6 is 39.1 Å². The van der Waals surface area contributed by atoms with Gasteiger partial charge in [-0.15, -0.1) is 0 Å². The number of benzene rings is 1. The van der Waals surface area contributed by atoms with E-state index in [0.29, 0.717) is 11.0 Å². The molecule has 0 saturated heterocycles. The lowest BCUT2D eigenvalue weighted by atomic mass is 9.94. The van der Waals surface area contributed by atoms with E-state index < -0.39 is 10.0 Å². The predicted molar refractivity (Wildman–Crippen MR) is 86.8 cm³/mol. The lowest BCUT2D eigenvalue weighted by Gasteiger charge is -2.28. The molecule has 8 heteroatoms. The number of sulfonamides is 1. The molecule has 114 valence electrons. The zero-order valence-corrected chi connectivity index (χ0v) is 15.4. The maximum Gasteiger partial charge on any atom is 0.245 e. The lowest BCUT2D eigenvalue weighted by Crippen LogP contribution is -2.39. The van der Waals surface area contributed by atoms with Gasteiger partial charge in [-0.05, 0) is 24.1 Å². The highest BCUT2D eigenvalue weighted by Gasteiger charge is 2.30. The topological polar surface area (TPSA) is 63.4 Å². The Morgan fingerprint density at radius 3 is 2.15 bits per heavy atom. The molecule has 2 N–H and O–H groups in total. The molecule has 0 bridgehead atoms. The van der Waals surface area contributed by atoms with Crippen LogP contribution in [-0.4, -0.2) is 32.9 Å². The number of hydrogen-bond donors (Lipinski definition) is 1. The van der Waals surface area contributed by atoms with Crippen LogP contribution in [0.3, 0.4) is 0 Å². The van der Waals surface area contributed by atoms with Crippen LogP contribution in [0.5, 0.6) is 0 Å². The first-order chi connectivity index (χ1) is 9.01. The van der Waals surface area contributed by atoms with Gasteiger partial charge >= 0.3 is 0 Å². The van der Waals surface area contributed by atoms with E-state index in [0.717, 1.165) is 0 Å². The molecule has 0 aliphatic heterocycles. The van der Waals surface area contributed by atoms with Gasteiger partial charge in [-0.1, -0.05) is 53.0 Å². The van der Waals surface area contributed by atoms with Gasteiger partial charge in [0.1, 0.15) is 4.90 Å². The van der Waals surface area contributed by atoms with Gasteiger partial charge in [-0.25, -0.2) is 12.7 Å². The summed E-state index contributed by atoms with van der Waals surface area (Å²) in [4.78, 5) is -0.0839. The van der Waals surface area contributed by atoms with Crippen LogP contribution in [0.15, 0.2) is 21.5 Å². The number of rotatable bonds is 5. The van der Waals surface area contributed by atoms with Crippen molar-refractivity contribution in [3.05, 3.63) is 26.7 Å². The van der Waals surface area contributed by atoms with Gasteiger partial charge in [0.2, 0.25) is 10.0 Å². The summed E-state index contributed by atoms with van der Waals surface area (Å²) in [7, 11) is -2.28. The minimum atomic E-state index is -3.77. The third-order valence-electron chi connectivity index (χ3n) is 2.83. The summed E-state index contributed by atoms with van der Waals surface area (Å²) in [6.45, 7) is 4.43. The molecule has 0 radical (unpaired) electrons. The van der Waals surface area contributed by atoms with Crippen molar-refractivity contribution in [3.63, 3.8) is 0 Å². The van der Waals surface area contributed by atoms with E-state index in [2.05, 4.69) is 15.9 Å². The Labute approximate surface area is 138 Å². The molecular weight excluding hydrogens is 387 g/mol. The van der Waals surface area contributed by atoms with Crippen molar-refractivity contribution in [2.24, 2.45) is 11.1 Å². The maximum absolute atomic E-state index is 12.6. The first-order valence-corrected chi connectivity index (χ1v) is 8.81. The fourth-order valence-electron chi connectivity index (χ4n) is 1.68. The zero-order chi connectivity index (χ0) is 15.7. The zero-order valence-electron chi connectivity index (χ0n) is 11.5. The normalized spacial score (nSPS) is 13.0. The molecule has 1 aromatic rings. The Kier molecular flexibility index (Phi) is 5.92. The molecule has 1 rings (SSSR count). The van der Waals surface area contributed by atoms with Crippen molar-refractivity contribution in [1.82, 2.24) is 4.31 Å². The van der Waals surface area contributed by atoms with E-state index in [1.807, 2.05) is 13.8 Å². The van der Waals surface area contributed by atoms with E-state index in [9.17, 15) is 8.42 Å². The number of nitrogens with two attached hydrogens (primary N) is 1. The van der Waals surface area contributed by atoms with Crippen molar-refractivity contribution in [2.75, 3.05) is 20.1 Å². The Hall–Kier alpha value is 0.150. The summed E-state index contributed by atoms with van der Waals surface area (Å²) in [5.74, 6) is 0. The van der Waals surface area contributed by atoms with E-state index in [-0.39, 0.29) is 26.9 Å². The van der Waals surface area contributed by atoms with Crippen LogP contribution in [0.1, 0.15) is 13.8 Å². The van der Waals surface area contributed by atoms with Crippen LogP contribution in [0, 0.1) is 5.41 Å². The van der Waals surface area contributed by atoms with E-state index in [1.165, 1.54) is 23.5 Å². The van der Waals surface area contributed by atoms with E-state index in [1.54, 1.807) is 0 Å². The smallest absolute Gasteiger partial charge is 0.245 e. The average Bonchev–Trinajstić information content (AvgIpc) is 2.26. The minimum Gasteiger partial charge on any atom is -0.330 e. The first-order valence-electron chi connectivity index (χ1n) is 5.82. The molecule has 1 aromatic carbocycles. The third kappa shape index (κ3) is 4.08. The van der Waals surface area contributed by atoms with Crippen molar-refractivity contribution in [3.8, 4) is 0 Å². The monoisotopic (exact) mass is 402 g/mol. The molecule has 0 aromatic heterocycles. The fraction of sp³-hybridized carbons (Fsp3) is 0.500. The summed E-state index contributed by atoms with van der Waals surface area (Å²) >= 11 is 15.3. The van der Waals surface area contributed by atoms with Gasteiger partial charge in [0, 0.05) is 18.1 Å². The largest absolute Gasteiger partial charge is 0.330 e. The van der Waals surface area contributed by atoms with Gasteiger partial charge in [0.05, 0.1) is 10.0 Å². The molecule has 0 amide bonds. The highest BCUT2D eigenvalue weighted by molar-refractivity contribution is 9.10. The molecule has 20 heavy (non-hydrogen) atoms. The predicted octanol–water partition coefficient (Wildman–Crippen LogP) is 3.36. The van der Waals surface area contributed by atoms with Crippen molar-refractivity contribution < 1.29 is 8.42 Å². The molecule has 0 saturated carbocycles. The Morgan fingerprint density at radius 2 is 1.75 bits per heavy atom. The molecule has 4 nitrogen and oxygen atoms in total. The van der Waals surface area contributed by atoms with Crippen LogP contribution in [-0.2, 0) is 10.0 Å². The highest BCUT2D eigenvalue weighted by Crippen LogP contribution is 2.35. The molecule has 0 aliphatic carbocycles. The van der Waals surface area contributed by atoms with Crippen LogP contribution < -0.4 is 5.73 Å². The summed E-state index contributed by atoms with van der Waals surface area (Å²) in [5, 5.41) is 0.170. The Morgan fingerprint density at radius 1 is 1.30 bits per heavy atom. The minimum absolute atomic E-state index is 0.0839. The summed E-state index contributed by atoms with van der Waals surface area (Å²) < 4.78 is 27.0. The van der Waals surface area contributed by atoms with E-state index in [4.69, 9.17) is 28.9 Å². The average molecular weight is 404 g/mol. The van der Waals surface area contributed by atoms with Gasteiger partial charge in [-0.2, -0.15) is 0 Å². The highest BCUT2D eigenvalue weighted by atomic mass is 79.9. The molecule has 0 aliphatic rings. The number of halogens is 3. The molecule has 0 fully saturated rings. The second-order valence-electron chi connectivity index (χ2n) is 5.33. The molecule has 0 heterocycles. The number of hydrogen-bond acceptors (Lipinski definition) is 3. The SMILES string of the molecule is CN(CC(C)(C)CN)S(=O)(=O)c1c(Cl)cc(Br)cc1Cl. The quantitative estimate of drug-likeness (QED) is 0.819. The third-order valence-corrected chi connectivity index (χ3v) is 6.02. The van der Waals surface area contributed by atoms with Gasteiger partial charge in [-0.3, -0.25) is 0 Å². The van der Waals surface area contributed by atoms with Crippen molar-refractivity contribution in [2.45, 2.75) is 18.7 Å².